The average Bonchev–Trinajstić information content (AvgIpc) is 3.43. The van der Waals surface area contributed by atoms with Gasteiger partial charge in [-0.1, -0.05) is 97.1 Å². The van der Waals surface area contributed by atoms with E-state index in [4.69, 9.17) is 9.40 Å². The van der Waals surface area contributed by atoms with Crippen molar-refractivity contribution in [3.63, 3.8) is 0 Å². The molecule has 0 spiro atoms. The molecule has 3 aromatic heterocycles. The van der Waals surface area contributed by atoms with E-state index in [9.17, 15) is 0 Å². The Balaban J connectivity index is 1.32. The van der Waals surface area contributed by atoms with Crippen molar-refractivity contribution in [2.24, 2.45) is 7.05 Å². The fourth-order valence-corrected chi connectivity index (χ4v) is 6.18. The lowest BCUT2D eigenvalue weighted by atomic mass is 9.97. The van der Waals surface area contributed by atoms with Gasteiger partial charge in [-0.3, -0.25) is 0 Å². The lowest BCUT2D eigenvalue weighted by Crippen LogP contribution is -2.30. The minimum Gasteiger partial charge on any atom is -0.455 e. The van der Waals surface area contributed by atoms with Gasteiger partial charge in [-0.15, -0.1) is 0 Å². The molecule has 0 amide bonds. The van der Waals surface area contributed by atoms with Gasteiger partial charge in [0.2, 0.25) is 5.69 Å². The van der Waals surface area contributed by atoms with E-state index < -0.39 is 0 Å². The Morgan fingerprint density at radius 2 is 1.21 bits per heavy atom. The highest BCUT2D eigenvalue weighted by atomic mass is 16.3. The molecule has 0 atom stereocenters. The van der Waals surface area contributed by atoms with E-state index in [0.29, 0.717) is 0 Å². The molecule has 204 valence electrons. The molecular formula is C40H29N2O+. The zero-order chi connectivity index (χ0) is 28.9. The summed E-state index contributed by atoms with van der Waals surface area (Å²) in [6.45, 7) is 2.16. The van der Waals surface area contributed by atoms with Crippen molar-refractivity contribution in [3.8, 4) is 44.9 Å². The Labute approximate surface area is 250 Å². The van der Waals surface area contributed by atoms with Crippen molar-refractivity contribution < 1.29 is 8.98 Å². The first-order chi connectivity index (χ1) is 21.1. The first-order valence-electron chi connectivity index (χ1n) is 14.6. The van der Waals surface area contributed by atoms with Crippen LogP contribution in [0.3, 0.4) is 0 Å². The van der Waals surface area contributed by atoms with Crippen LogP contribution >= 0.6 is 0 Å². The third-order valence-electron chi connectivity index (χ3n) is 8.40. The number of rotatable bonds is 4. The molecule has 5 aromatic carbocycles. The molecule has 8 aromatic rings. The second-order valence-electron chi connectivity index (χ2n) is 11.2. The molecule has 43 heavy (non-hydrogen) atoms. The van der Waals surface area contributed by atoms with Crippen molar-refractivity contribution in [2.75, 3.05) is 0 Å². The SMILES string of the molecule is Cc1ccc2c(oc3ccc(-c4cc(-c5ccccc5)nc(-c5ccccc5)c4)cc32)c1-c1cc2ccccc2c[n+]1C. The predicted molar refractivity (Wildman–Crippen MR) is 177 cm³/mol. The Hall–Kier alpha value is -5.54. The Morgan fingerprint density at radius 1 is 0.558 bits per heavy atom. The molecule has 0 N–H and O–H groups in total. The molecule has 0 fully saturated rings. The smallest absolute Gasteiger partial charge is 0.216 e. The Morgan fingerprint density at radius 3 is 1.91 bits per heavy atom. The minimum atomic E-state index is 0.884. The summed E-state index contributed by atoms with van der Waals surface area (Å²) in [6, 6.07) is 46.9. The third-order valence-corrected chi connectivity index (χ3v) is 8.40. The molecule has 0 bridgehead atoms. The van der Waals surface area contributed by atoms with Gasteiger partial charge in [0.15, 0.2) is 6.20 Å². The number of benzene rings is 5. The van der Waals surface area contributed by atoms with Crippen LogP contribution in [0.5, 0.6) is 0 Å². The number of aryl methyl sites for hydroxylation is 2. The second-order valence-corrected chi connectivity index (χ2v) is 11.2. The van der Waals surface area contributed by atoms with Gasteiger partial charge in [-0.05, 0) is 59.3 Å². The highest BCUT2D eigenvalue weighted by Gasteiger charge is 2.22. The zero-order valence-electron chi connectivity index (χ0n) is 24.1. The number of fused-ring (bicyclic) bond motifs is 4. The van der Waals surface area contributed by atoms with Crippen molar-refractivity contribution in [2.45, 2.75) is 6.92 Å². The second kappa shape index (κ2) is 10.1. The summed E-state index contributed by atoms with van der Waals surface area (Å²) in [6.07, 6.45) is 2.20. The van der Waals surface area contributed by atoms with Gasteiger partial charge >= 0.3 is 0 Å². The van der Waals surface area contributed by atoms with Crippen LogP contribution in [0.15, 0.2) is 144 Å². The van der Waals surface area contributed by atoms with E-state index in [1.807, 2.05) is 12.1 Å². The van der Waals surface area contributed by atoms with Crippen LogP contribution < -0.4 is 4.57 Å². The van der Waals surface area contributed by atoms with Gasteiger partial charge in [0.25, 0.3) is 0 Å². The average molecular weight is 554 g/mol. The monoisotopic (exact) mass is 553 g/mol. The third kappa shape index (κ3) is 4.38. The normalized spacial score (nSPS) is 11.5. The van der Waals surface area contributed by atoms with Crippen LogP contribution in [0.1, 0.15) is 5.56 Å². The largest absolute Gasteiger partial charge is 0.455 e. The van der Waals surface area contributed by atoms with Gasteiger partial charge in [0.1, 0.15) is 18.2 Å². The number of hydrogen-bond donors (Lipinski definition) is 0. The maximum atomic E-state index is 6.64. The van der Waals surface area contributed by atoms with Crippen LogP contribution in [0.25, 0.3) is 77.6 Å². The van der Waals surface area contributed by atoms with E-state index in [1.165, 1.54) is 16.3 Å². The standard InChI is InChI=1S/C40H29N2O/c1-26-17-19-33-34-21-30(32-22-35(27-11-5-3-6-12-27)41-36(23-32)28-13-7-4-8-14-28)18-20-38(34)43-40(33)39(26)37-24-29-15-9-10-16-31(29)25-42(37)2/h3-25H,1-2H3/q+1. The minimum absolute atomic E-state index is 0.884. The van der Waals surface area contributed by atoms with Gasteiger partial charge in [-0.25, -0.2) is 9.55 Å². The topological polar surface area (TPSA) is 29.9 Å². The van der Waals surface area contributed by atoms with E-state index in [0.717, 1.165) is 66.8 Å². The first kappa shape index (κ1) is 25.2. The van der Waals surface area contributed by atoms with E-state index in [-0.39, 0.29) is 0 Å². The lowest BCUT2D eigenvalue weighted by molar-refractivity contribution is -0.659. The van der Waals surface area contributed by atoms with Crippen molar-refractivity contribution in [1.82, 2.24) is 4.98 Å². The van der Waals surface area contributed by atoms with Gasteiger partial charge < -0.3 is 4.42 Å². The molecule has 0 aliphatic carbocycles. The Kier molecular flexibility index (Phi) is 5.90. The van der Waals surface area contributed by atoms with Crippen LogP contribution in [-0.4, -0.2) is 4.98 Å². The first-order valence-corrected chi connectivity index (χ1v) is 14.6. The fourth-order valence-electron chi connectivity index (χ4n) is 6.18. The van der Waals surface area contributed by atoms with Crippen LogP contribution in [-0.2, 0) is 7.05 Å². The number of hydrogen-bond acceptors (Lipinski definition) is 2. The summed E-state index contributed by atoms with van der Waals surface area (Å²) in [7, 11) is 2.11. The van der Waals surface area contributed by atoms with E-state index in [2.05, 4.69) is 146 Å². The molecule has 0 radical (unpaired) electrons. The van der Waals surface area contributed by atoms with Crippen LogP contribution in [0.4, 0.5) is 0 Å². The molecule has 0 saturated heterocycles. The van der Waals surface area contributed by atoms with Crippen molar-refractivity contribution in [3.05, 3.63) is 145 Å². The number of nitrogens with zero attached hydrogens (tertiary/aromatic N) is 2. The van der Waals surface area contributed by atoms with Gasteiger partial charge in [0, 0.05) is 33.4 Å². The molecule has 3 heteroatoms. The molecule has 0 unspecified atom stereocenters. The summed E-state index contributed by atoms with van der Waals surface area (Å²) in [5.41, 5.74) is 11.6. The quantitative estimate of drug-likeness (QED) is 0.203. The zero-order valence-corrected chi connectivity index (χ0v) is 24.1. The molecular weight excluding hydrogens is 524 g/mol. The van der Waals surface area contributed by atoms with Crippen LogP contribution in [0, 0.1) is 6.92 Å². The van der Waals surface area contributed by atoms with E-state index in [1.54, 1.807) is 0 Å². The van der Waals surface area contributed by atoms with Gasteiger partial charge in [0.05, 0.1) is 17.0 Å². The summed E-state index contributed by atoms with van der Waals surface area (Å²) < 4.78 is 8.84. The number of aromatic nitrogens is 2. The summed E-state index contributed by atoms with van der Waals surface area (Å²) >= 11 is 0. The Bertz CT molecular complexity index is 2240. The summed E-state index contributed by atoms with van der Waals surface area (Å²) in [4.78, 5) is 5.07. The van der Waals surface area contributed by atoms with E-state index >= 15 is 0 Å². The molecule has 3 heterocycles. The van der Waals surface area contributed by atoms with Crippen LogP contribution in [0.2, 0.25) is 0 Å². The molecule has 8 rings (SSSR count). The predicted octanol–water partition coefficient (Wildman–Crippen LogP) is 9.94. The number of furan rings is 1. The molecule has 0 aliphatic rings. The van der Waals surface area contributed by atoms with Gasteiger partial charge in [-0.2, -0.15) is 0 Å². The van der Waals surface area contributed by atoms with Crippen molar-refractivity contribution >= 4 is 32.7 Å². The summed E-state index contributed by atoms with van der Waals surface area (Å²) in [5, 5.41) is 4.66. The molecule has 0 aliphatic heterocycles. The molecule has 3 nitrogen and oxygen atoms in total. The summed E-state index contributed by atoms with van der Waals surface area (Å²) in [5.74, 6) is 0. The maximum Gasteiger partial charge on any atom is 0.216 e. The van der Waals surface area contributed by atoms with Crippen molar-refractivity contribution in [1.29, 1.82) is 0 Å². The highest BCUT2D eigenvalue weighted by Crippen LogP contribution is 2.39. The highest BCUT2D eigenvalue weighted by molar-refractivity contribution is 6.11. The lowest BCUT2D eigenvalue weighted by Gasteiger charge is -2.10. The maximum absolute atomic E-state index is 6.64. The fraction of sp³-hybridized carbons (Fsp3) is 0.0500. The number of pyridine rings is 2. The molecule has 0 saturated carbocycles.